The average Bonchev–Trinajstić information content (AvgIpc) is 3.53. The van der Waals surface area contributed by atoms with Crippen molar-refractivity contribution in [3.63, 3.8) is 0 Å². The summed E-state index contributed by atoms with van der Waals surface area (Å²) in [5.74, 6) is 2.26. The Morgan fingerprint density at radius 3 is 2.20 bits per heavy atom. The summed E-state index contributed by atoms with van der Waals surface area (Å²) in [6.45, 7) is 22.0. The van der Waals surface area contributed by atoms with Gasteiger partial charge in [-0.25, -0.2) is 4.39 Å². The molecule has 294 valence electrons. The van der Waals surface area contributed by atoms with Gasteiger partial charge in [-0.2, -0.15) is 5.26 Å². The highest BCUT2D eigenvalue weighted by Gasteiger charge is 2.37. The van der Waals surface area contributed by atoms with Crippen LogP contribution in [0.25, 0.3) is 0 Å². The molecule has 1 unspecified atom stereocenters. The molecule has 10 heteroatoms. The Labute approximate surface area is 324 Å². The minimum absolute atomic E-state index is 0.241. The number of nitrogens with one attached hydrogen (secondary N) is 1. The maximum atomic E-state index is 15.0. The molecular weight excluding hydrogens is 682 g/mol. The van der Waals surface area contributed by atoms with E-state index < -0.39 is 11.9 Å². The van der Waals surface area contributed by atoms with Gasteiger partial charge >= 0.3 is 0 Å². The second-order valence-electron chi connectivity index (χ2n) is 13.0. The van der Waals surface area contributed by atoms with E-state index >= 15 is 0 Å². The van der Waals surface area contributed by atoms with Gasteiger partial charge in [-0.15, -0.1) is 12.3 Å². The predicted octanol–water partition coefficient (Wildman–Crippen LogP) is 8.56. The summed E-state index contributed by atoms with van der Waals surface area (Å²) in [4.78, 5) is 42.5. The number of carbonyl (C=O) groups is 3. The highest BCUT2D eigenvalue weighted by Crippen LogP contribution is 2.33. The maximum absolute atomic E-state index is 15.0. The Balaban J connectivity index is 0.00000195. The van der Waals surface area contributed by atoms with Crippen LogP contribution in [0, 0.1) is 29.6 Å². The van der Waals surface area contributed by atoms with Gasteiger partial charge in [0.1, 0.15) is 24.2 Å². The highest BCUT2D eigenvalue weighted by atomic mass is 19.1. The lowest BCUT2D eigenvalue weighted by Gasteiger charge is -2.36. The van der Waals surface area contributed by atoms with E-state index in [1.807, 2.05) is 52.8 Å². The van der Waals surface area contributed by atoms with Crippen molar-refractivity contribution in [3.05, 3.63) is 87.9 Å². The number of halogens is 1. The fraction of sp³-hybridized carbons (Fsp3) is 0.500. The first-order valence-corrected chi connectivity index (χ1v) is 19.3. The van der Waals surface area contributed by atoms with E-state index in [-0.39, 0.29) is 18.3 Å². The second kappa shape index (κ2) is 25.9. The van der Waals surface area contributed by atoms with Crippen LogP contribution in [0.1, 0.15) is 115 Å². The van der Waals surface area contributed by atoms with Crippen LogP contribution in [0.4, 0.5) is 4.39 Å². The van der Waals surface area contributed by atoms with Gasteiger partial charge in [-0.1, -0.05) is 85.2 Å². The van der Waals surface area contributed by atoms with E-state index in [0.717, 1.165) is 50.3 Å². The molecule has 2 aliphatic heterocycles. The molecule has 0 bridgehead atoms. The van der Waals surface area contributed by atoms with E-state index in [4.69, 9.17) is 4.74 Å². The van der Waals surface area contributed by atoms with Crippen LogP contribution in [-0.4, -0.2) is 65.1 Å². The van der Waals surface area contributed by atoms with E-state index in [1.54, 1.807) is 26.0 Å². The number of nitrogens with zero attached hydrogens (tertiary/aromatic N) is 4. The molecule has 2 aromatic carbocycles. The van der Waals surface area contributed by atoms with Crippen LogP contribution in [-0.2, 0) is 29.3 Å². The molecule has 1 N–H and O–H groups in total. The fourth-order valence-corrected chi connectivity index (χ4v) is 5.98. The Bertz CT molecular complexity index is 1610. The molecule has 0 aromatic heterocycles. The number of imide groups is 1. The largest absolute Gasteiger partial charge is 0.489 e. The van der Waals surface area contributed by atoms with E-state index in [0.29, 0.717) is 60.8 Å². The molecular formula is C44H62FN5O4. The third-order valence-corrected chi connectivity index (χ3v) is 8.85. The number of hydrogen-bond donors (Lipinski definition) is 1. The number of allylic oxidation sites excluding steroid dienone is 4. The second-order valence-corrected chi connectivity index (χ2v) is 13.0. The number of hydrogen-bond acceptors (Lipinski definition) is 7. The molecule has 0 aliphatic carbocycles. The number of piperazine rings is 1. The Kier molecular flexibility index (Phi) is 22.6. The highest BCUT2D eigenvalue weighted by molar-refractivity contribution is 6.02. The number of nitriles is 1. The molecule has 2 heterocycles. The summed E-state index contributed by atoms with van der Waals surface area (Å²) >= 11 is 0. The Hall–Kier alpha value is -4.93. The van der Waals surface area contributed by atoms with Gasteiger partial charge in [0.2, 0.25) is 12.3 Å². The molecule has 0 spiro atoms. The van der Waals surface area contributed by atoms with E-state index in [2.05, 4.69) is 59.5 Å². The van der Waals surface area contributed by atoms with Gasteiger partial charge in [0.25, 0.3) is 5.91 Å². The normalized spacial score (nSPS) is 14.7. The maximum Gasteiger partial charge on any atom is 0.255 e. The molecule has 4 rings (SSSR count). The molecule has 1 atom stereocenters. The number of ether oxygens (including phenoxy) is 1. The third kappa shape index (κ3) is 14.5. The Morgan fingerprint density at radius 1 is 1.04 bits per heavy atom. The standard InChI is InChI=1S/C37H46FN5O4.C3H4.2C2H6/c1-5-7-34(36(45)40-25-44)43-23-32-31(37(43)46)8-6-9-35(32)47-24-29-14-12-28(13-15-29)22-41-16-18-42(19-17-41)27(4)33(38)20-30(21-39)11-10-26(2)3;1-3-2;2*1-2/h6,8-9,12-15,20,25-26,34H,5,7,10-11,16-19,22-24H2,1-4H3,(H,40,44,45);1H,2H3;2*1-2H3/b30-20+,33-27-;;;. The first-order valence-electron chi connectivity index (χ1n) is 19.3. The van der Waals surface area contributed by atoms with Gasteiger partial charge in [0.05, 0.1) is 12.6 Å². The molecule has 9 nitrogen and oxygen atoms in total. The molecule has 1 fully saturated rings. The third-order valence-electron chi connectivity index (χ3n) is 8.85. The molecule has 2 aromatic rings. The molecule has 0 saturated carbocycles. The lowest BCUT2D eigenvalue weighted by atomic mass is 10.0. The van der Waals surface area contributed by atoms with Crippen LogP contribution in [0.5, 0.6) is 5.75 Å². The zero-order valence-electron chi connectivity index (χ0n) is 34.0. The van der Waals surface area contributed by atoms with Crippen molar-refractivity contribution in [2.24, 2.45) is 5.92 Å². The van der Waals surface area contributed by atoms with Crippen molar-refractivity contribution in [2.75, 3.05) is 26.2 Å². The van der Waals surface area contributed by atoms with Gasteiger partial charge in [-0.05, 0) is 68.4 Å². The molecule has 2 aliphatic rings. The van der Waals surface area contributed by atoms with E-state index in [1.165, 1.54) is 16.5 Å². The summed E-state index contributed by atoms with van der Waals surface area (Å²) in [6, 6.07) is 15.0. The minimum Gasteiger partial charge on any atom is -0.489 e. The lowest BCUT2D eigenvalue weighted by Crippen LogP contribution is -2.46. The number of carbonyl (C=O) groups excluding carboxylic acids is 3. The molecule has 3 amide bonds. The topological polar surface area (TPSA) is 106 Å². The fourth-order valence-electron chi connectivity index (χ4n) is 5.98. The van der Waals surface area contributed by atoms with Crippen LogP contribution < -0.4 is 10.1 Å². The minimum atomic E-state index is -0.727. The van der Waals surface area contributed by atoms with Crippen molar-refractivity contribution in [1.82, 2.24) is 20.0 Å². The molecule has 1 saturated heterocycles. The van der Waals surface area contributed by atoms with Gasteiger partial charge in [-0.3, -0.25) is 24.6 Å². The van der Waals surface area contributed by atoms with Crippen LogP contribution in [0.15, 0.2) is 65.6 Å². The first-order chi connectivity index (χ1) is 26.1. The van der Waals surface area contributed by atoms with Crippen LogP contribution >= 0.6 is 0 Å². The number of rotatable bonds is 15. The predicted molar refractivity (Wildman–Crippen MR) is 216 cm³/mol. The molecule has 54 heavy (non-hydrogen) atoms. The van der Waals surface area contributed by atoms with E-state index in [9.17, 15) is 24.0 Å². The number of benzene rings is 2. The quantitative estimate of drug-likeness (QED) is 0.0844. The Morgan fingerprint density at radius 2 is 1.65 bits per heavy atom. The van der Waals surface area contributed by atoms with Gasteiger partial charge in [0.15, 0.2) is 0 Å². The van der Waals surface area contributed by atoms with Crippen LogP contribution in [0.3, 0.4) is 0 Å². The smallest absolute Gasteiger partial charge is 0.255 e. The van der Waals surface area contributed by atoms with Crippen molar-refractivity contribution in [3.8, 4) is 24.2 Å². The van der Waals surface area contributed by atoms with Crippen LogP contribution in [0.2, 0.25) is 0 Å². The zero-order chi connectivity index (χ0) is 40.6. The van der Waals surface area contributed by atoms with Crippen molar-refractivity contribution >= 4 is 18.2 Å². The van der Waals surface area contributed by atoms with Crippen molar-refractivity contribution in [1.29, 1.82) is 5.26 Å². The zero-order valence-corrected chi connectivity index (χ0v) is 34.0. The SMILES string of the molecule is C#CC.CC.CC.CCCC(C(=O)NC=O)N1Cc2c(OCc3ccc(CN4CCN(/C(C)=C(F)/C=C(/C#N)CCC(C)C)CC4)cc3)cccc2C1=O. The van der Waals surface area contributed by atoms with Gasteiger partial charge < -0.3 is 14.5 Å². The molecule has 0 radical (unpaired) electrons. The summed E-state index contributed by atoms with van der Waals surface area (Å²) in [7, 11) is 0. The monoisotopic (exact) mass is 743 g/mol. The number of amides is 3. The first kappa shape index (κ1) is 47.1. The van der Waals surface area contributed by atoms with Crippen molar-refractivity contribution in [2.45, 2.75) is 114 Å². The number of terminal acetylenes is 1. The lowest BCUT2D eigenvalue weighted by molar-refractivity contribution is -0.129. The summed E-state index contributed by atoms with van der Waals surface area (Å²) in [6.07, 6.45) is 8.93. The summed E-state index contributed by atoms with van der Waals surface area (Å²) in [5.41, 5.74) is 4.47. The average molecular weight is 744 g/mol. The number of fused-ring (bicyclic) bond motifs is 1. The van der Waals surface area contributed by atoms with Gasteiger partial charge in [0, 0.05) is 55.1 Å². The summed E-state index contributed by atoms with van der Waals surface area (Å²) in [5, 5.41) is 11.6. The van der Waals surface area contributed by atoms with Crippen molar-refractivity contribution < 1.29 is 23.5 Å². The summed E-state index contributed by atoms with van der Waals surface area (Å²) < 4.78 is 21.1.